The second kappa shape index (κ2) is 11.0. The van der Waals surface area contributed by atoms with E-state index in [2.05, 4.69) is 14.4 Å². The number of benzene rings is 2. The van der Waals surface area contributed by atoms with E-state index in [1.54, 1.807) is 7.11 Å². The van der Waals surface area contributed by atoms with Crippen molar-refractivity contribution in [1.29, 1.82) is 0 Å². The number of nitrogens with one attached hydrogen (secondary N) is 3. The van der Waals surface area contributed by atoms with E-state index >= 15 is 0 Å². The predicted molar refractivity (Wildman–Crippen MR) is 128 cm³/mol. The Morgan fingerprint density at radius 2 is 1.55 bits per heavy atom. The molecule has 0 aliphatic carbocycles. The van der Waals surface area contributed by atoms with Gasteiger partial charge in [0.25, 0.3) is 10.0 Å². The van der Waals surface area contributed by atoms with Crippen molar-refractivity contribution >= 4 is 59.8 Å². The number of H-pyrrole nitrogens is 1. The molecule has 0 spiro atoms. The number of aromatic amines is 1. The van der Waals surface area contributed by atoms with Crippen molar-refractivity contribution < 1.29 is 26.3 Å². The van der Waals surface area contributed by atoms with Crippen molar-refractivity contribution in [2.75, 3.05) is 38.2 Å². The lowest BCUT2D eigenvalue weighted by molar-refractivity contribution is 0.0699. The lowest BCUT2D eigenvalue weighted by Crippen LogP contribution is -2.25. The molecule has 0 amide bonds. The summed E-state index contributed by atoms with van der Waals surface area (Å²) in [6, 6.07) is 7.95. The number of hydrogen-bond acceptors (Lipinski definition) is 6. The van der Waals surface area contributed by atoms with Gasteiger partial charge in [0.15, 0.2) is 0 Å². The smallest absolute Gasteiger partial charge is 0.261 e. The topological polar surface area (TPSA) is 127 Å². The van der Waals surface area contributed by atoms with E-state index < -0.39 is 20.0 Å². The van der Waals surface area contributed by atoms with Crippen molar-refractivity contribution in [3.05, 3.63) is 52.6 Å². The molecule has 0 fully saturated rings. The molecular weight excluding hydrogens is 513 g/mol. The van der Waals surface area contributed by atoms with Crippen LogP contribution in [0.1, 0.15) is 6.42 Å². The number of methoxy groups -OCH3 is 1. The third kappa shape index (κ3) is 6.38. The molecule has 0 radical (unpaired) electrons. The molecule has 0 saturated carbocycles. The molecule has 0 saturated heterocycles. The van der Waals surface area contributed by atoms with Gasteiger partial charge >= 0.3 is 0 Å². The molecule has 0 bridgehead atoms. The quantitative estimate of drug-likeness (QED) is 0.304. The number of fused-ring (bicyclic) bond motifs is 1. The zero-order chi connectivity index (χ0) is 24.1. The molecule has 0 aliphatic rings. The first kappa shape index (κ1) is 25.8. The highest BCUT2D eigenvalue weighted by molar-refractivity contribution is 7.92. The van der Waals surface area contributed by atoms with Gasteiger partial charge in [-0.2, -0.15) is 0 Å². The first-order valence-electron chi connectivity index (χ1n) is 9.80. The molecule has 1 aromatic heterocycles. The molecule has 3 N–H and O–H groups in total. The highest BCUT2D eigenvalue weighted by Crippen LogP contribution is 2.35. The van der Waals surface area contributed by atoms with E-state index in [-0.39, 0.29) is 22.0 Å². The van der Waals surface area contributed by atoms with Crippen LogP contribution in [0.5, 0.6) is 0 Å². The minimum atomic E-state index is -4.00. The Labute approximate surface area is 202 Å². The van der Waals surface area contributed by atoms with Crippen molar-refractivity contribution in [1.82, 2.24) is 9.71 Å². The normalized spacial score (nSPS) is 12.3. The van der Waals surface area contributed by atoms with Gasteiger partial charge in [0.05, 0.1) is 44.3 Å². The molecule has 180 valence electrons. The highest BCUT2D eigenvalue weighted by Gasteiger charge is 2.20. The first-order valence-corrected chi connectivity index (χ1v) is 13.5. The van der Waals surface area contributed by atoms with Crippen LogP contribution in [-0.4, -0.2) is 55.3 Å². The van der Waals surface area contributed by atoms with Gasteiger partial charge in [-0.15, -0.1) is 0 Å². The minimum absolute atomic E-state index is 0.0493. The standard InChI is InChI=1S/C20H23Cl2N3O6S2/c1-30-11-12-31-10-2-9-24-32(26,27)14-3-5-15(6-4-14)33(28,29)25-18-8-7-16(21)19-17(22)13-23-20(18)19/h3-8,13,23-25H,2,9-12H2,1H3. The van der Waals surface area contributed by atoms with Gasteiger partial charge in [0.1, 0.15) is 0 Å². The van der Waals surface area contributed by atoms with Gasteiger partial charge < -0.3 is 14.5 Å². The Morgan fingerprint density at radius 1 is 0.879 bits per heavy atom. The number of halogens is 2. The van der Waals surface area contributed by atoms with Gasteiger partial charge in [0.2, 0.25) is 10.0 Å². The monoisotopic (exact) mass is 535 g/mol. The Bertz CT molecular complexity index is 1310. The molecule has 1 heterocycles. The van der Waals surface area contributed by atoms with Crippen LogP contribution in [0.15, 0.2) is 52.4 Å². The highest BCUT2D eigenvalue weighted by atomic mass is 35.5. The van der Waals surface area contributed by atoms with Gasteiger partial charge in [-0.05, 0) is 42.8 Å². The van der Waals surface area contributed by atoms with Crippen molar-refractivity contribution in [3.63, 3.8) is 0 Å². The maximum Gasteiger partial charge on any atom is 0.261 e. The fraction of sp³-hybridized carbons (Fsp3) is 0.300. The van der Waals surface area contributed by atoms with E-state index in [0.29, 0.717) is 47.2 Å². The summed E-state index contributed by atoms with van der Waals surface area (Å²) < 4.78 is 65.6. The zero-order valence-electron chi connectivity index (χ0n) is 17.6. The summed E-state index contributed by atoms with van der Waals surface area (Å²) in [5.74, 6) is 0. The van der Waals surface area contributed by atoms with E-state index in [1.165, 1.54) is 42.6 Å². The molecule has 0 unspecified atom stereocenters. The number of hydrogen-bond donors (Lipinski definition) is 3. The van der Waals surface area contributed by atoms with Crippen LogP contribution in [-0.2, 0) is 29.5 Å². The molecular formula is C20H23Cl2N3O6S2. The predicted octanol–water partition coefficient (Wildman–Crippen LogP) is 3.61. The van der Waals surface area contributed by atoms with Gasteiger partial charge in [-0.3, -0.25) is 4.72 Å². The third-order valence-electron chi connectivity index (χ3n) is 4.61. The summed E-state index contributed by atoms with van der Waals surface area (Å²) in [5.41, 5.74) is 0.693. The fourth-order valence-corrected chi connectivity index (χ4v) is 5.67. The van der Waals surface area contributed by atoms with E-state index in [4.69, 9.17) is 32.7 Å². The number of ether oxygens (including phenoxy) is 2. The fourth-order valence-electron chi connectivity index (χ4n) is 2.96. The van der Waals surface area contributed by atoms with Crippen LogP contribution in [0.25, 0.3) is 10.9 Å². The molecule has 0 aliphatic heterocycles. The summed E-state index contributed by atoms with van der Waals surface area (Å²) in [6.45, 7) is 1.48. The van der Waals surface area contributed by atoms with Gasteiger partial charge in [-0.25, -0.2) is 21.6 Å². The summed E-state index contributed by atoms with van der Waals surface area (Å²) >= 11 is 12.2. The minimum Gasteiger partial charge on any atom is -0.382 e. The number of sulfonamides is 2. The molecule has 9 nitrogen and oxygen atoms in total. The largest absolute Gasteiger partial charge is 0.382 e. The molecule has 3 rings (SSSR count). The Kier molecular flexibility index (Phi) is 8.62. The summed E-state index contributed by atoms with van der Waals surface area (Å²) in [7, 11) is -6.22. The SMILES string of the molecule is COCCOCCCNS(=O)(=O)c1ccc(S(=O)(=O)Nc2ccc(Cl)c3c(Cl)c[nH]c23)cc1. The third-order valence-corrected chi connectivity index (χ3v) is 8.09. The number of rotatable bonds is 12. The number of aromatic nitrogens is 1. The van der Waals surface area contributed by atoms with Crippen LogP contribution >= 0.6 is 23.2 Å². The Balaban J connectivity index is 1.67. The van der Waals surface area contributed by atoms with Crippen LogP contribution in [0.2, 0.25) is 10.0 Å². The summed E-state index contributed by atoms with van der Waals surface area (Å²) in [4.78, 5) is 2.74. The average molecular weight is 536 g/mol. The lowest BCUT2D eigenvalue weighted by Gasteiger charge is -2.11. The van der Waals surface area contributed by atoms with E-state index in [0.717, 1.165) is 0 Å². The zero-order valence-corrected chi connectivity index (χ0v) is 20.7. The number of anilines is 1. The molecule has 33 heavy (non-hydrogen) atoms. The Morgan fingerprint density at radius 3 is 2.21 bits per heavy atom. The van der Waals surface area contributed by atoms with Crippen molar-refractivity contribution in [2.24, 2.45) is 0 Å². The van der Waals surface area contributed by atoms with Crippen LogP contribution in [0.4, 0.5) is 5.69 Å². The molecule has 2 aromatic carbocycles. The van der Waals surface area contributed by atoms with E-state index in [9.17, 15) is 16.8 Å². The second-order valence-corrected chi connectivity index (χ2v) is 11.2. The van der Waals surface area contributed by atoms with Crippen molar-refractivity contribution in [3.8, 4) is 0 Å². The summed E-state index contributed by atoms with van der Waals surface area (Å²) in [5, 5.41) is 1.23. The average Bonchev–Trinajstić information content (AvgIpc) is 3.18. The molecule has 3 aromatic rings. The molecule has 0 atom stereocenters. The maximum atomic E-state index is 12.8. The molecule has 13 heteroatoms. The van der Waals surface area contributed by atoms with E-state index in [1.807, 2.05) is 0 Å². The van der Waals surface area contributed by atoms with Crippen molar-refractivity contribution in [2.45, 2.75) is 16.2 Å². The van der Waals surface area contributed by atoms with Crippen LogP contribution < -0.4 is 9.44 Å². The van der Waals surface area contributed by atoms with Gasteiger partial charge in [0, 0.05) is 31.8 Å². The van der Waals surface area contributed by atoms with Gasteiger partial charge in [-0.1, -0.05) is 23.2 Å². The van der Waals surface area contributed by atoms with Crippen LogP contribution in [0.3, 0.4) is 0 Å². The maximum absolute atomic E-state index is 12.8. The van der Waals surface area contributed by atoms with Crippen LogP contribution in [0, 0.1) is 0 Å². The first-order chi connectivity index (χ1) is 15.7. The Hall–Kier alpha value is -1.86. The second-order valence-electron chi connectivity index (χ2n) is 6.91. The lowest BCUT2D eigenvalue weighted by atomic mass is 10.2. The summed E-state index contributed by atoms with van der Waals surface area (Å²) in [6.07, 6.45) is 1.99.